The molecule has 0 radical (unpaired) electrons. The number of halogens is 1. The number of H-pyrrole nitrogens is 1. The second-order valence-corrected chi connectivity index (χ2v) is 16.7. The van der Waals surface area contributed by atoms with Crippen LogP contribution in [0.5, 0.6) is 0 Å². The molecule has 2 N–H and O–H groups in total. The van der Waals surface area contributed by atoms with E-state index >= 15 is 4.39 Å². The maximum Gasteiger partial charge on any atom is 0.272 e. The van der Waals surface area contributed by atoms with Crippen molar-refractivity contribution >= 4 is 22.6 Å². The highest BCUT2D eigenvalue weighted by molar-refractivity contribution is 5.95. The normalized spacial score (nSPS) is 33.4. The van der Waals surface area contributed by atoms with E-state index in [2.05, 4.69) is 24.0 Å². The number of nitrogens with one attached hydrogen (secondary N) is 1. The van der Waals surface area contributed by atoms with Crippen LogP contribution < -0.4 is 5.56 Å². The van der Waals surface area contributed by atoms with Gasteiger partial charge in [-0.25, -0.2) is 9.49 Å². The number of amides is 2. The smallest absolute Gasteiger partial charge is 0.272 e. The van der Waals surface area contributed by atoms with Crippen molar-refractivity contribution in [2.45, 2.75) is 90.3 Å². The molecule has 10 heteroatoms. The molecule has 1 unspecified atom stereocenters. The molecule has 5 fully saturated rings. The number of nitrogens with zero attached hydrogens (tertiary/aromatic N) is 3. The number of aromatic amines is 1. The predicted molar refractivity (Wildman–Crippen MR) is 192 cm³/mol. The van der Waals surface area contributed by atoms with Crippen molar-refractivity contribution in [3.63, 3.8) is 0 Å². The molecule has 2 aromatic carbocycles. The van der Waals surface area contributed by atoms with E-state index in [1.54, 1.807) is 34.1 Å². The second kappa shape index (κ2) is 13.4. The number of piperazine rings is 1. The van der Waals surface area contributed by atoms with Crippen molar-refractivity contribution in [2.24, 2.45) is 34.5 Å². The van der Waals surface area contributed by atoms with Gasteiger partial charge in [0.15, 0.2) is 0 Å². The van der Waals surface area contributed by atoms with Crippen molar-refractivity contribution in [1.82, 2.24) is 20.0 Å². The van der Waals surface area contributed by atoms with Crippen molar-refractivity contribution in [2.75, 3.05) is 32.8 Å². The maximum absolute atomic E-state index is 15.0. The Bertz CT molecular complexity index is 1870. The summed E-state index contributed by atoms with van der Waals surface area (Å²) < 4.78 is 21.5. The molecule has 51 heavy (non-hydrogen) atoms. The summed E-state index contributed by atoms with van der Waals surface area (Å²) >= 11 is 0. The van der Waals surface area contributed by atoms with Crippen LogP contribution in [0.25, 0.3) is 10.8 Å². The molecule has 2 amide bonds. The van der Waals surface area contributed by atoms with Gasteiger partial charge in [0.2, 0.25) is 5.91 Å². The Kier molecular flexibility index (Phi) is 9.06. The molecule has 9 nitrogen and oxygen atoms in total. The predicted octanol–water partition coefficient (Wildman–Crippen LogP) is 5.73. The van der Waals surface area contributed by atoms with Crippen LogP contribution in [-0.4, -0.2) is 81.9 Å². The van der Waals surface area contributed by atoms with Crippen LogP contribution in [0.15, 0.2) is 47.3 Å². The van der Waals surface area contributed by atoms with Crippen LogP contribution in [0, 0.1) is 40.3 Å². The van der Waals surface area contributed by atoms with Gasteiger partial charge in [-0.2, -0.15) is 5.10 Å². The molecule has 4 aliphatic carbocycles. The Hall–Kier alpha value is -3.63. The lowest BCUT2D eigenvalue weighted by molar-refractivity contribution is -0.153. The minimum Gasteiger partial charge on any atom is -0.393 e. The topological polar surface area (TPSA) is 116 Å². The number of aliphatic hydroxyl groups is 1. The Morgan fingerprint density at radius 2 is 1.65 bits per heavy atom. The standard InChI is InChI=1S/C41H51FN4O5/c1-40-15-13-27(47)23-26(40)8-9-30-32-10-12-36(41(32,2)16-14-33(30)40)51-24-37(48)45-17-19-46(20-18-45)39(50)31-21-25(7-11-34(31)42)22-35-28-5-3-4-6-29(28)38(49)44-43-35/h3-7,11,21,26-27,30,32-33,36,47H,8-10,12-20,22-24H2,1-2H3,(H,44,49)/t26-,27?,30-,32-,33-,36-,40-,41-/m0/s1. The summed E-state index contributed by atoms with van der Waals surface area (Å²) in [7, 11) is 0. The van der Waals surface area contributed by atoms with Gasteiger partial charge in [0, 0.05) is 38.0 Å². The van der Waals surface area contributed by atoms with Crippen LogP contribution in [0.2, 0.25) is 0 Å². The molecule has 1 aromatic heterocycles. The minimum atomic E-state index is -0.591. The SMILES string of the molecule is C[C@]12CCC(O)C[C@@H]1CC[C@@H]1[C@@H]2CC[C@]2(C)[C@@H](OCC(=O)N3CCN(C(=O)c4cc(Cc5n[nH]c(=O)c6ccccc56)ccc4F)CC3)CC[C@@H]12. The fourth-order valence-electron chi connectivity index (χ4n) is 11.4. The Balaban J connectivity index is 0.856. The maximum atomic E-state index is 15.0. The number of hydrogen-bond donors (Lipinski definition) is 2. The number of ether oxygens (including phenoxy) is 1. The Labute approximate surface area is 298 Å². The fraction of sp³-hybridized carbons (Fsp3) is 0.610. The number of benzene rings is 2. The van der Waals surface area contributed by atoms with Gasteiger partial charge in [0.25, 0.3) is 11.5 Å². The largest absolute Gasteiger partial charge is 0.393 e. The molecule has 2 heterocycles. The highest BCUT2D eigenvalue weighted by atomic mass is 19.1. The first-order valence-corrected chi connectivity index (χ1v) is 19.2. The molecular weight excluding hydrogens is 647 g/mol. The molecule has 3 aromatic rings. The van der Waals surface area contributed by atoms with E-state index in [0.29, 0.717) is 72.4 Å². The van der Waals surface area contributed by atoms with Crippen LogP contribution in [0.4, 0.5) is 4.39 Å². The zero-order valence-electron chi connectivity index (χ0n) is 29.9. The zero-order valence-corrected chi connectivity index (χ0v) is 29.9. The van der Waals surface area contributed by atoms with E-state index in [1.165, 1.54) is 25.3 Å². The summed E-state index contributed by atoms with van der Waals surface area (Å²) in [4.78, 5) is 42.5. The van der Waals surface area contributed by atoms with Crippen LogP contribution >= 0.6 is 0 Å². The lowest BCUT2D eigenvalue weighted by Crippen LogP contribution is -2.55. The summed E-state index contributed by atoms with van der Waals surface area (Å²) in [6.45, 7) is 6.38. The summed E-state index contributed by atoms with van der Waals surface area (Å²) in [5.41, 5.74) is 1.50. The number of hydrogen-bond acceptors (Lipinski definition) is 6. The van der Waals surface area contributed by atoms with Gasteiger partial charge < -0.3 is 19.6 Å². The molecule has 1 aliphatic heterocycles. The van der Waals surface area contributed by atoms with Gasteiger partial charge in [-0.15, -0.1) is 0 Å². The lowest BCUT2D eigenvalue weighted by atomic mass is 9.45. The Morgan fingerprint density at radius 1 is 0.922 bits per heavy atom. The van der Waals surface area contributed by atoms with Crippen LogP contribution in [-0.2, 0) is 16.0 Å². The van der Waals surface area contributed by atoms with E-state index in [4.69, 9.17) is 4.74 Å². The van der Waals surface area contributed by atoms with Crippen molar-refractivity contribution in [3.8, 4) is 0 Å². The molecule has 0 spiro atoms. The fourth-order valence-corrected chi connectivity index (χ4v) is 11.4. The van der Waals surface area contributed by atoms with E-state index in [0.717, 1.165) is 49.8 Å². The number of carbonyl (C=O) groups is 2. The third-order valence-corrected chi connectivity index (χ3v) is 14.3. The highest BCUT2D eigenvalue weighted by Crippen LogP contribution is 2.66. The van der Waals surface area contributed by atoms with Crippen molar-refractivity contribution in [3.05, 3.63) is 75.5 Å². The van der Waals surface area contributed by atoms with Crippen LogP contribution in [0.3, 0.4) is 0 Å². The van der Waals surface area contributed by atoms with Gasteiger partial charge in [-0.05, 0) is 116 Å². The minimum absolute atomic E-state index is 0.00773. The summed E-state index contributed by atoms with van der Waals surface area (Å²) in [6, 6.07) is 11.7. The first-order valence-electron chi connectivity index (χ1n) is 19.2. The van der Waals surface area contributed by atoms with Gasteiger partial charge in [-0.1, -0.05) is 38.1 Å². The monoisotopic (exact) mass is 698 g/mol. The first-order chi connectivity index (χ1) is 24.5. The lowest BCUT2D eigenvalue weighted by Gasteiger charge is -2.60. The van der Waals surface area contributed by atoms with Gasteiger partial charge in [0.1, 0.15) is 12.4 Å². The van der Waals surface area contributed by atoms with Gasteiger partial charge in [-0.3, -0.25) is 14.4 Å². The number of aromatic nitrogens is 2. The van der Waals surface area contributed by atoms with E-state index in [-0.39, 0.29) is 41.3 Å². The molecular formula is C41H51FN4O5. The van der Waals surface area contributed by atoms with E-state index in [1.807, 2.05) is 12.1 Å². The van der Waals surface area contributed by atoms with Crippen LogP contribution in [0.1, 0.15) is 93.3 Å². The molecule has 8 rings (SSSR count). The highest BCUT2D eigenvalue weighted by Gasteiger charge is 2.60. The molecule has 5 aliphatic rings. The van der Waals surface area contributed by atoms with Crippen molar-refractivity contribution in [1.29, 1.82) is 0 Å². The second-order valence-electron chi connectivity index (χ2n) is 16.7. The van der Waals surface area contributed by atoms with Gasteiger partial charge >= 0.3 is 0 Å². The number of carbonyl (C=O) groups excluding carboxylic acids is 2. The van der Waals surface area contributed by atoms with Gasteiger partial charge in [0.05, 0.1) is 28.9 Å². The third kappa shape index (κ3) is 6.10. The molecule has 4 saturated carbocycles. The first kappa shape index (κ1) is 34.5. The average molecular weight is 699 g/mol. The number of fused-ring (bicyclic) bond motifs is 6. The molecule has 272 valence electrons. The summed E-state index contributed by atoms with van der Waals surface area (Å²) in [5, 5.41) is 18.4. The number of rotatable bonds is 6. The molecule has 1 saturated heterocycles. The third-order valence-electron chi connectivity index (χ3n) is 14.3. The molecule has 0 bridgehead atoms. The number of aliphatic hydroxyl groups excluding tert-OH is 1. The summed E-state index contributed by atoms with van der Waals surface area (Å²) in [6.07, 6.45) is 10.3. The van der Waals surface area contributed by atoms with Crippen molar-refractivity contribution < 1.29 is 23.8 Å². The van der Waals surface area contributed by atoms with E-state index < -0.39 is 11.7 Å². The molecule has 8 atom stereocenters. The quantitative estimate of drug-likeness (QED) is 0.340. The Morgan fingerprint density at radius 3 is 2.45 bits per heavy atom. The average Bonchev–Trinajstić information content (AvgIpc) is 3.48. The van der Waals surface area contributed by atoms with E-state index in [9.17, 15) is 19.5 Å². The zero-order chi connectivity index (χ0) is 35.5. The summed E-state index contributed by atoms with van der Waals surface area (Å²) in [5.74, 6) is 1.67.